The summed E-state index contributed by atoms with van der Waals surface area (Å²) < 4.78 is 44.0. The zero-order chi connectivity index (χ0) is 21.0. The van der Waals surface area contributed by atoms with Crippen molar-refractivity contribution in [3.8, 4) is 11.3 Å². The molecule has 0 saturated heterocycles. The number of carbonyl (C=O) groups is 2. The number of halogens is 3. The van der Waals surface area contributed by atoms with Crippen LogP contribution in [0.1, 0.15) is 16.1 Å². The number of amides is 2. The van der Waals surface area contributed by atoms with E-state index in [-0.39, 0.29) is 23.6 Å². The molecule has 3 rings (SSSR count). The van der Waals surface area contributed by atoms with Crippen molar-refractivity contribution in [2.75, 3.05) is 18.9 Å². The summed E-state index contributed by atoms with van der Waals surface area (Å²) in [5.41, 5.74) is -0.0134. The average molecular weight is 402 g/mol. The summed E-state index contributed by atoms with van der Waals surface area (Å²) >= 11 is 0. The molecular formula is C21H17F3N2O3. The van der Waals surface area contributed by atoms with Crippen molar-refractivity contribution in [3.63, 3.8) is 0 Å². The van der Waals surface area contributed by atoms with Crippen LogP contribution in [0, 0.1) is 0 Å². The number of nitrogens with zero attached hydrogens (tertiary/aromatic N) is 1. The molecule has 2 amide bonds. The molecule has 150 valence electrons. The maximum atomic E-state index is 12.9. The summed E-state index contributed by atoms with van der Waals surface area (Å²) in [6.07, 6.45) is -4.48. The highest BCUT2D eigenvalue weighted by molar-refractivity contribution is 5.98. The largest absolute Gasteiger partial charge is 0.451 e. The highest BCUT2D eigenvalue weighted by atomic mass is 19.4. The van der Waals surface area contributed by atoms with Crippen LogP contribution in [-0.4, -0.2) is 30.3 Å². The number of para-hydroxylation sites is 1. The van der Waals surface area contributed by atoms with Crippen molar-refractivity contribution in [2.45, 2.75) is 6.18 Å². The van der Waals surface area contributed by atoms with Crippen LogP contribution in [0.3, 0.4) is 0 Å². The van der Waals surface area contributed by atoms with Crippen molar-refractivity contribution in [1.82, 2.24) is 4.90 Å². The summed E-state index contributed by atoms with van der Waals surface area (Å²) in [6, 6.07) is 16.2. The number of alkyl halides is 3. The second kappa shape index (κ2) is 8.22. The summed E-state index contributed by atoms with van der Waals surface area (Å²) in [7, 11) is 1.43. The molecule has 1 N–H and O–H groups in total. The average Bonchev–Trinajstić information content (AvgIpc) is 3.17. The fraction of sp³-hybridized carbons (Fsp3) is 0.143. The lowest BCUT2D eigenvalue weighted by atomic mass is 10.1. The summed E-state index contributed by atoms with van der Waals surface area (Å²) in [4.78, 5) is 25.7. The van der Waals surface area contributed by atoms with Gasteiger partial charge < -0.3 is 14.6 Å². The van der Waals surface area contributed by atoms with Gasteiger partial charge >= 0.3 is 6.18 Å². The van der Waals surface area contributed by atoms with Crippen LogP contribution in [0.4, 0.5) is 18.9 Å². The first-order valence-electron chi connectivity index (χ1n) is 8.62. The first kappa shape index (κ1) is 20.2. The summed E-state index contributed by atoms with van der Waals surface area (Å²) in [5, 5.41) is 2.66. The van der Waals surface area contributed by atoms with E-state index in [9.17, 15) is 22.8 Å². The number of benzene rings is 2. The van der Waals surface area contributed by atoms with Gasteiger partial charge in [-0.25, -0.2) is 0 Å². The Morgan fingerprint density at radius 1 is 1.00 bits per heavy atom. The molecule has 29 heavy (non-hydrogen) atoms. The van der Waals surface area contributed by atoms with Gasteiger partial charge in [0, 0.05) is 18.3 Å². The molecule has 0 atom stereocenters. The molecule has 8 heteroatoms. The van der Waals surface area contributed by atoms with Crippen molar-refractivity contribution in [3.05, 3.63) is 78.1 Å². The van der Waals surface area contributed by atoms with Crippen LogP contribution >= 0.6 is 0 Å². The molecular weight excluding hydrogens is 385 g/mol. The maximum Gasteiger partial charge on any atom is 0.416 e. The second-order valence-corrected chi connectivity index (χ2v) is 6.32. The van der Waals surface area contributed by atoms with E-state index in [0.717, 1.165) is 17.0 Å². The predicted octanol–water partition coefficient (Wildman–Crippen LogP) is 4.68. The van der Waals surface area contributed by atoms with Gasteiger partial charge in [-0.1, -0.05) is 30.3 Å². The molecule has 2 aromatic carbocycles. The lowest BCUT2D eigenvalue weighted by Gasteiger charge is -2.15. The third kappa shape index (κ3) is 5.04. The van der Waals surface area contributed by atoms with E-state index in [1.54, 1.807) is 24.3 Å². The highest BCUT2D eigenvalue weighted by Crippen LogP contribution is 2.32. The molecule has 0 saturated carbocycles. The maximum absolute atomic E-state index is 12.9. The fourth-order valence-corrected chi connectivity index (χ4v) is 2.65. The number of anilines is 1. The number of carbonyl (C=O) groups excluding carboxylic acids is 2. The number of hydrogen-bond acceptors (Lipinski definition) is 3. The van der Waals surface area contributed by atoms with Crippen LogP contribution in [0.25, 0.3) is 11.3 Å². The Bertz CT molecular complexity index is 1010. The Balaban J connectivity index is 1.68. The van der Waals surface area contributed by atoms with Gasteiger partial charge in [-0.15, -0.1) is 0 Å². The Kier molecular flexibility index (Phi) is 5.72. The quantitative estimate of drug-likeness (QED) is 0.674. The third-order valence-corrected chi connectivity index (χ3v) is 4.08. The van der Waals surface area contributed by atoms with Crippen LogP contribution in [0.15, 0.2) is 71.1 Å². The Morgan fingerprint density at radius 2 is 1.72 bits per heavy atom. The van der Waals surface area contributed by atoms with E-state index in [1.165, 1.54) is 31.3 Å². The molecule has 0 unspecified atom stereocenters. The van der Waals surface area contributed by atoms with Gasteiger partial charge in [0.05, 0.1) is 12.1 Å². The second-order valence-electron chi connectivity index (χ2n) is 6.32. The SMILES string of the molecule is CN(CC(=O)Nc1ccccc1)C(=O)c1ccc(-c2cccc(C(F)(F)F)c2)o1. The van der Waals surface area contributed by atoms with Crippen LogP contribution in [0.5, 0.6) is 0 Å². The minimum Gasteiger partial charge on any atom is -0.451 e. The van der Waals surface area contributed by atoms with Crippen molar-refractivity contribution < 1.29 is 27.2 Å². The third-order valence-electron chi connectivity index (χ3n) is 4.08. The molecule has 0 bridgehead atoms. The molecule has 1 aromatic heterocycles. The predicted molar refractivity (Wildman–Crippen MR) is 101 cm³/mol. The zero-order valence-corrected chi connectivity index (χ0v) is 15.4. The lowest BCUT2D eigenvalue weighted by Crippen LogP contribution is -2.34. The Hall–Kier alpha value is -3.55. The van der Waals surface area contributed by atoms with Gasteiger partial charge in [-0.05, 0) is 36.4 Å². The van der Waals surface area contributed by atoms with E-state index < -0.39 is 23.6 Å². The molecule has 3 aromatic rings. The molecule has 0 spiro atoms. The topological polar surface area (TPSA) is 62.6 Å². The number of hydrogen-bond donors (Lipinski definition) is 1. The van der Waals surface area contributed by atoms with Gasteiger partial charge in [0.2, 0.25) is 5.91 Å². The van der Waals surface area contributed by atoms with Gasteiger partial charge in [0.15, 0.2) is 5.76 Å². The Labute approximate surface area is 164 Å². The normalized spacial score (nSPS) is 11.2. The number of likely N-dealkylation sites (N-methyl/N-ethyl adjacent to an activating group) is 1. The molecule has 5 nitrogen and oxygen atoms in total. The van der Waals surface area contributed by atoms with Crippen molar-refractivity contribution >= 4 is 17.5 Å². The molecule has 0 aliphatic carbocycles. The standard InChI is InChI=1S/C21H17F3N2O3/c1-26(13-19(27)25-16-8-3-2-4-9-16)20(28)18-11-10-17(29-18)14-6-5-7-15(12-14)21(22,23)24/h2-12H,13H2,1H3,(H,25,27). The Morgan fingerprint density at radius 3 is 2.41 bits per heavy atom. The van der Waals surface area contributed by atoms with Gasteiger partial charge in [0.1, 0.15) is 5.76 Å². The lowest BCUT2D eigenvalue weighted by molar-refractivity contribution is -0.137. The van der Waals surface area contributed by atoms with E-state index >= 15 is 0 Å². The minimum atomic E-state index is -4.48. The highest BCUT2D eigenvalue weighted by Gasteiger charge is 2.30. The van der Waals surface area contributed by atoms with Crippen molar-refractivity contribution in [2.24, 2.45) is 0 Å². The number of furan rings is 1. The number of rotatable bonds is 5. The van der Waals surface area contributed by atoms with E-state index in [4.69, 9.17) is 4.42 Å². The van der Waals surface area contributed by atoms with Crippen LogP contribution < -0.4 is 5.32 Å². The summed E-state index contributed by atoms with van der Waals surface area (Å²) in [6.45, 7) is -0.215. The molecule has 0 fully saturated rings. The smallest absolute Gasteiger partial charge is 0.416 e. The van der Waals surface area contributed by atoms with Crippen LogP contribution in [0.2, 0.25) is 0 Å². The van der Waals surface area contributed by atoms with Crippen molar-refractivity contribution in [1.29, 1.82) is 0 Å². The first-order valence-corrected chi connectivity index (χ1v) is 8.62. The van der Waals surface area contributed by atoms with Crippen LogP contribution in [-0.2, 0) is 11.0 Å². The van der Waals surface area contributed by atoms with Gasteiger partial charge in [0.25, 0.3) is 5.91 Å². The van der Waals surface area contributed by atoms with Gasteiger partial charge in [-0.2, -0.15) is 13.2 Å². The zero-order valence-electron chi connectivity index (χ0n) is 15.4. The van der Waals surface area contributed by atoms with Gasteiger partial charge in [-0.3, -0.25) is 9.59 Å². The molecule has 0 aliphatic rings. The van der Waals surface area contributed by atoms with E-state index in [0.29, 0.717) is 5.69 Å². The minimum absolute atomic E-state index is 0.0765. The van der Waals surface area contributed by atoms with E-state index in [2.05, 4.69) is 5.32 Å². The molecule has 1 heterocycles. The first-order chi connectivity index (χ1) is 13.7. The molecule has 0 radical (unpaired) electrons. The van der Waals surface area contributed by atoms with E-state index in [1.807, 2.05) is 6.07 Å². The molecule has 0 aliphatic heterocycles. The summed E-state index contributed by atoms with van der Waals surface area (Å²) in [5.74, 6) is -0.905. The monoisotopic (exact) mass is 402 g/mol. The number of nitrogens with one attached hydrogen (secondary N) is 1. The fourth-order valence-electron chi connectivity index (χ4n) is 2.65.